The zero-order chi connectivity index (χ0) is 10.7. The second-order valence-electron chi connectivity index (χ2n) is 2.68. The molecule has 14 heavy (non-hydrogen) atoms. The summed E-state index contributed by atoms with van der Waals surface area (Å²) in [5, 5.41) is 0. The van der Waals surface area contributed by atoms with Crippen molar-refractivity contribution < 1.29 is 18.3 Å². The molecule has 0 spiro atoms. The molecular formula is C9H9F2NO2. The topological polar surface area (TPSA) is 39.2 Å². The van der Waals surface area contributed by atoms with E-state index in [1.807, 2.05) is 0 Å². The Hall–Kier alpha value is -1.52. The largest absolute Gasteiger partial charge is 0.481 e. The summed E-state index contributed by atoms with van der Waals surface area (Å²) in [6.07, 6.45) is -2.20. The van der Waals surface area contributed by atoms with Gasteiger partial charge in [0.25, 0.3) is 6.43 Å². The summed E-state index contributed by atoms with van der Waals surface area (Å²) in [7, 11) is 1.31. The molecule has 0 aliphatic heterocycles. The van der Waals surface area contributed by atoms with E-state index < -0.39 is 6.43 Å². The van der Waals surface area contributed by atoms with Gasteiger partial charge in [-0.05, 0) is 12.5 Å². The summed E-state index contributed by atoms with van der Waals surface area (Å²) < 4.78 is 29.6. The molecule has 1 rings (SSSR count). The zero-order valence-corrected chi connectivity index (χ0v) is 7.75. The lowest BCUT2D eigenvalue weighted by Crippen LogP contribution is -2.01. The standard InChI is InChI=1S/C9H9F2NO2/c1-5-6(9(10)11)3-8(14-2)12-7(5)4-13/h3-4,9H,1-2H3. The molecule has 0 amide bonds. The van der Waals surface area contributed by atoms with Gasteiger partial charge in [-0.15, -0.1) is 0 Å². The van der Waals surface area contributed by atoms with Crippen LogP contribution in [0.25, 0.3) is 0 Å². The van der Waals surface area contributed by atoms with Crippen LogP contribution in [0, 0.1) is 6.92 Å². The molecule has 1 aromatic rings. The van der Waals surface area contributed by atoms with E-state index in [0.717, 1.165) is 6.07 Å². The smallest absolute Gasteiger partial charge is 0.264 e. The first-order chi connectivity index (χ1) is 6.60. The average Bonchev–Trinajstić information content (AvgIpc) is 2.17. The Morgan fingerprint density at radius 1 is 1.57 bits per heavy atom. The molecule has 0 unspecified atom stereocenters. The molecule has 1 heterocycles. The van der Waals surface area contributed by atoms with E-state index in [9.17, 15) is 13.6 Å². The number of rotatable bonds is 3. The number of ether oxygens (including phenoxy) is 1. The van der Waals surface area contributed by atoms with E-state index in [1.165, 1.54) is 14.0 Å². The Kier molecular flexibility index (Phi) is 3.11. The van der Waals surface area contributed by atoms with Crippen molar-refractivity contribution in [3.63, 3.8) is 0 Å². The van der Waals surface area contributed by atoms with Crippen molar-refractivity contribution in [2.24, 2.45) is 0 Å². The fraction of sp³-hybridized carbons (Fsp3) is 0.333. The van der Waals surface area contributed by atoms with Gasteiger partial charge in [0.1, 0.15) is 5.69 Å². The van der Waals surface area contributed by atoms with E-state index in [1.54, 1.807) is 0 Å². The number of pyridine rings is 1. The quantitative estimate of drug-likeness (QED) is 0.703. The summed E-state index contributed by atoms with van der Waals surface area (Å²) >= 11 is 0. The molecule has 0 aliphatic rings. The highest BCUT2D eigenvalue weighted by Gasteiger charge is 2.16. The highest BCUT2D eigenvalue weighted by Crippen LogP contribution is 2.26. The summed E-state index contributed by atoms with van der Waals surface area (Å²) in [6.45, 7) is 1.43. The summed E-state index contributed by atoms with van der Waals surface area (Å²) in [5.74, 6) is 0.0213. The Bertz CT molecular complexity index is 353. The van der Waals surface area contributed by atoms with Gasteiger partial charge < -0.3 is 4.74 Å². The van der Waals surface area contributed by atoms with Gasteiger partial charge in [-0.1, -0.05) is 0 Å². The lowest BCUT2D eigenvalue weighted by Gasteiger charge is -2.08. The van der Waals surface area contributed by atoms with Crippen LogP contribution in [-0.4, -0.2) is 18.4 Å². The maximum Gasteiger partial charge on any atom is 0.264 e. The van der Waals surface area contributed by atoms with Gasteiger partial charge >= 0.3 is 0 Å². The maximum atomic E-state index is 12.5. The molecule has 0 saturated carbocycles. The maximum absolute atomic E-state index is 12.5. The number of halogens is 2. The van der Waals surface area contributed by atoms with E-state index in [4.69, 9.17) is 4.74 Å². The average molecular weight is 201 g/mol. The third-order valence-electron chi connectivity index (χ3n) is 1.88. The monoisotopic (exact) mass is 201 g/mol. The normalized spacial score (nSPS) is 10.4. The minimum absolute atomic E-state index is 0.0142. The van der Waals surface area contributed by atoms with Gasteiger partial charge in [-0.25, -0.2) is 13.8 Å². The van der Waals surface area contributed by atoms with E-state index >= 15 is 0 Å². The Labute approximate surface area is 79.7 Å². The van der Waals surface area contributed by atoms with Gasteiger partial charge in [0.15, 0.2) is 6.29 Å². The molecule has 0 fully saturated rings. The minimum atomic E-state index is -2.63. The third-order valence-corrected chi connectivity index (χ3v) is 1.88. The molecule has 3 nitrogen and oxygen atoms in total. The van der Waals surface area contributed by atoms with E-state index in [2.05, 4.69) is 4.98 Å². The van der Waals surface area contributed by atoms with Crippen molar-refractivity contribution in [2.45, 2.75) is 13.3 Å². The number of hydrogen-bond acceptors (Lipinski definition) is 3. The van der Waals surface area contributed by atoms with Gasteiger partial charge in [0.2, 0.25) is 5.88 Å². The van der Waals surface area contributed by atoms with Crippen molar-refractivity contribution in [1.82, 2.24) is 4.98 Å². The Morgan fingerprint density at radius 3 is 2.64 bits per heavy atom. The number of nitrogens with zero attached hydrogens (tertiary/aromatic N) is 1. The molecule has 0 N–H and O–H groups in total. The highest BCUT2D eigenvalue weighted by atomic mass is 19.3. The van der Waals surface area contributed by atoms with Crippen LogP contribution >= 0.6 is 0 Å². The number of carbonyl (C=O) groups excluding carboxylic acids is 1. The SMILES string of the molecule is COc1cc(C(F)F)c(C)c(C=O)n1. The van der Waals surface area contributed by atoms with Gasteiger partial charge in [-0.2, -0.15) is 0 Å². The minimum Gasteiger partial charge on any atom is -0.481 e. The number of methoxy groups -OCH3 is 1. The zero-order valence-electron chi connectivity index (χ0n) is 7.75. The predicted octanol–water partition coefficient (Wildman–Crippen LogP) is 2.15. The molecular weight excluding hydrogens is 192 g/mol. The molecule has 0 aromatic carbocycles. The van der Waals surface area contributed by atoms with Crippen LogP contribution in [-0.2, 0) is 0 Å². The van der Waals surface area contributed by atoms with Crippen LogP contribution in [0.5, 0.6) is 5.88 Å². The number of carbonyl (C=O) groups is 1. The fourth-order valence-corrected chi connectivity index (χ4v) is 1.07. The van der Waals surface area contributed by atoms with Crippen LogP contribution in [0.15, 0.2) is 6.07 Å². The lowest BCUT2D eigenvalue weighted by atomic mass is 10.1. The first-order valence-electron chi connectivity index (χ1n) is 3.89. The molecule has 0 radical (unpaired) electrons. The van der Waals surface area contributed by atoms with E-state index in [-0.39, 0.29) is 22.7 Å². The van der Waals surface area contributed by atoms with Gasteiger partial charge in [0.05, 0.1) is 7.11 Å². The van der Waals surface area contributed by atoms with Crippen molar-refractivity contribution in [1.29, 1.82) is 0 Å². The second kappa shape index (κ2) is 4.13. The first kappa shape index (κ1) is 10.6. The van der Waals surface area contributed by atoms with Crippen LogP contribution in [0.1, 0.15) is 28.0 Å². The number of alkyl halides is 2. The third kappa shape index (κ3) is 1.86. The Balaban J connectivity index is 3.34. The first-order valence-corrected chi connectivity index (χ1v) is 3.89. The molecule has 0 bridgehead atoms. The molecule has 5 heteroatoms. The van der Waals surface area contributed by atoms with Crippen molar-refractivity contribution in [3.8, 4) is 5.88 Å². The number of aldehydes is 1. The molecule has 0 atom stereocenters. The summed E-state index contributed by atoms with van der Waals surface area (Å²) in [6, 6.07) is 1.13. The van der Waals surface area contributed by atoms with Crippen LogP contribution < -0.4 is 4.74 Å². The fourth-order valence-electron chi connectivity index (χ4n) is 1.07. The summed E-state index contributed by atoms with van der Waals surface area (Å²) in [5.41, 5.74) is -0.0469. The van der Waals surface area contributed by atoms with Crippen molar-refractivity contribution >= 4 is 6.29 Å². The van der Waals surface area contributed by atoms with E-state index in [0.29, 0.717) is 6.29 Å². The lowest BCUT2D eigenvalue weighted by molar-refractivity contribution is 0.111. The molecule has 0 saturated heterocycles. The predicted molar refractivity (Wildman–Crippen MR) is 45.9 cm³/mol. The highest BCUT2D eigenvalue weighted by molar-refractivity contribution is 5.75. The number of hydrogen-bond donors (Lipinski definition) is 0. The number of aromatic nitrogens is 1. The summed E-state index contributed by atoms with van der Waals surface area (Å²) in [4.78, 5) is 14.2. The van der Waals surface area contributed by atoms with Crippen molar-refractivity contribution in [3.05, 3.63) is 22.9 Å². The van der Waals surface area contributed by atoms with Crippen LogP contribution in [0.3, 0.4) is 0 Å². The van der Waals surface area contributed by atoms with Gasteiger partial charge in [0, 0.05) is 11.6 Å². The Morgan fingerprint density at radius 2 is 2.21 bits per heavy atom. The van der Waals surface area contributed by atoms with Crippen molar-refractivity contribution in [2.75, 3.05) is 7.11 Å². The second-order valence-corrected chi connectivity index (χ2v) is 2.68. The molecule has 0 aliphatic carbocycles. The van der Waals surface area contributed by atoms with Gasteiger partial charge in [-0.3, -0.25) is 4.79 Å². The van der Waals surface area contributed by atoms with Crippen LogP contribution in [0.4, 0.5) is 8.78 Å². The molecule has 1 aromatic heterocycles. The van der Waals surface area contributed by atoms with Crippen LogP contribution in [0.2, 0.25) is 0 Å². The molecule has 76 valence electrons.